The summed E-state index contributed by atoms with van der Waals surface area (Å²) in [6, 6.07) is 9.07. The zero-order valence-corrected chi connectivity index (χ0v) is 11.6. The average Bonchev–Trinajstić information content (AvgIpc) is 3.26. The summed E-state index contributed by atoms with van der Waals surface area (Å²) in [4.78, 5) is 2.06. The molecule has 0 aliphatic heterocycles. The fraction of sp³-hybridized carbons (Fsp3) is 0.533. The van der Waals surface area contributed by atoms with Gasteiger partial charge in [-0.25, -0.2) is 0 Å². The quantitative estimate of drug-likeness (QED) is 0.812. The van der Waals surface area contributed by atoms with Crippen molar-refractivity contribution in [1.29, 1.82) is 5.26 Å². The molecule has 0 atom stereocenters. The molecule has 1 aliphatic carbocycles. The lowest BCUT2D eigenvalue weighted by atomic mass is 10.1. The molecule has 0 aromatic heterocycles. The van der Waals surface area contributed by atoms with Gasteiger partial charge in [-0.1, -0.05) is 6.07 Å². The summed E-state index contributed by atoms with van der Waals surface area (Å²) in [6.45, 7) is 2.29. The number of anilines is 1. The van der Waals surface area contributed by atoms with Crippen molar-refractivity contribution in [3.63, 3.8) is 0 Å². The molecule has 0 saturated heterocycles. The van der Waals surface area contributed by atoms with Crippen LogP contribution in [0.15, 0.2) is 18.2 Å². The number of hydrogen-bond acceptors (Lipinski definition) is 4. The third-order valence-corrected chi connectivity index (χ3v) is 3.40. The van der Waals surface area contributed by atoms with Crippen LogP contribution in [0, 0.1) is 11.3 Å². The predicted molar refractivity (Wildman–Crippen MR) is 76.2 cm³/mol. The molecule has 0 radical (unpaired) electrons. The minimum absolute atomic E-state index is 0.659. The van der Waals surface area contributed by atoms with E-state index >= 15 is 0 Å². The number of rotatable bonds is 7. The zero-order chi connectivity index (χ0) is 13.7. The van der Waals surface area contributed by atoms with E-state index in [4.69, 9.17) is 4.74 Å². The molecular weight excluding hydrogens is 238 g/mol. The van der Waals surface area contributed by atoms with Gasteiger partial charge in [0.1, 0.15) is 6.07 Å². The van der Waals surface area contributed by atoms with Gasteiger partial charge >= 0.3 is 0 Å². The van der Waals surface area contributed by atoms with Crippen LogP contribution in [0.4, 0.5) is 5.69 Å². The van der Waals surface area contributed by atoms with Crippen molar-refractivity contribution in [2.75, 3.05) is 32.2 Å². The minimum atomic E-state index is 0.659. The first-order chi connectivity index (χ1) is 9.24. The van der Waals surface area contributed by atoms with Crippen LogP contribution in [0.5, 0.6) is 0 Å². The fourth-order valence-corrected chi connectivity index (χ4v) is 2.01. The molecule has 1 saturated carbocycles. The molecule has 2 rings (SSSR count). The second kappa shape index (κ2) is 6.55. The monoisotopic (exact) mass is 259 g/mol. The Morgan fingerprint density at radius 2 is 2.26 bits per heavy atom. The lowest BCUT2D eigenvalue weighted by Gasteiger charge is -2.20. The van der Waals surface area contributed by atoms with Crippen LogP contribution >= 0.6 is 0 Å². The molecule has 4 heteroatoms. The molecule has 0 amide bonds. The van der Waals surface area contributed by atoms with Gasteiger partial charge in [0.05, 0.1) is 17.9 Å². The lowest BCUT2D eigenvalue weighted by Crippen LogP contribution is -2.23. The molecular formula is C15H21N3O. The Hall–Kier alpha value is -1.57. The topological polar surface area (TPSA) is 48.3 Å². The van der Waals surface area contributed by atoms with Crippen LogP contribution in [0.1, 0.15) is 24.0 Å². The number of ether oxygens (including phenoxy) is 1. The van der Waals surface area contributed by atoms with E-state index in [0.717, 1.165) is 24.3 Å². The van der Waals surface area contributed by atoms with Gasteiger partial charge in [0, 0.05) is 33.3 Å². The molecule has 1 aromatic carbocycles. The number of methoxy groups -OCH3 is 1. The Labute approximate surface area is 115 Å². The highest BCUT2D eigenvalue weighted by Crippen LogP contribution is 2.22. The molecule has 4 nitrogen and oxygen atoms in total. The van der Waals surface area contributed by atoms with Crippen molar-refractivity contribution in [2.45, 2.75) is 25.4 Å². The highest BCUT2D eigenvalue weighted by molar-refractivity contribution is 5.60. The zero-order valence-electron chi connectivity index (χ0n) is 11.6. The van der Waals surface area contributed by atoms with Crippen LogP contribution in [0.25, 0.3) is 0 Å². The van der Waals surface area contributed by atoms with E-state index in [2.05, 4.69) is 22.4 Å². The number of hydrogen-bond donors (Lipinski definition) is 1. The molecule has 1 N–H and O–H groups in total. The highest BCUT2D eigenvalue weighted by atomic mass is 16.5. The predicted octanol–water partition coefficient (Wildman–Crippen LogP) is 1.89. The van der Waals surface area contributed by atoms with Crippen LogP contribution in [-0.4, -0.2) is 33.4 Å². The highest BCUT2D eigenvalue weighted by Gasteiger charge is 2.20. The summed E-state index contributed by atoms with van der Waals surface area (Å²) in [7, 11) is 3.67. The third kappa shape index (κ3) is 3.95. The van der Waals surface area contributed by atoms with Crippen LogP contribution < -0.4 is 10.2 Å². The normalized spacial score (nSPS) is 14.2. The van der Waals surface area contributed by atoms with Gasteiger partial charge in [-0.15, -0.1) is 0 Å². The Kier molecular flexibility index (Phi) is 4.78. The molecule has 0 unspecified atom stereocenters. The summed E-state index contributed by atoms with van der Waals surface area (Å²) in [5, 5.41) is 12.7. The van der Waals surface area contributed by atoms with Crippen LogP contribution in [-0.2, 0) is 11.3 Å². The Morgan fingerprint density at radius 3 is 2.89 bits per heavy atom. The smallest absolute Gasteiger partial charge is 0.101 e. The van der Waals surface area contributed by atoms with Crippen molar-refractivity contribution in [1.82, 2.24) is 5.32 Å². The van der Waals surface area contributed by atoms with Gasteiger partial charge in [0.2, 0.25) is 0 Å². The van der Waals surface area contributed by atoms with E-state index in [1.165, 1.54) is 18.4 Å². The first-order valence-corrected chi connectivity index (χ1v) is 6.71. The van der Waals surface area contributed by atoms with Gasteiger partial charge in [-0.3, -0.25) is 0 Å². The minimum Gasteiger partial charge on any atom is -0.383 e. The van der Waals surface area contributed by atoms with E-state index in [0.29, 0.717) is 12.6 Å². The summed E-state index contributed by atoms with van der Waals surface area (Å²) in [5.41, 5.74) is 2.87. The Balaban J connectivity index is 2.04. The Morgan fingerprint density at radius 1 is 1.47 bits per heavy atom. The summed E-state index contributed by atoms with van der Waals surface area (Å²) in [6.07, 6.45) is 2.56. The van der Waals surface area contributed by atoms with Gasteiger partial charge < -0.3 is 15.0 Å². The van der Waals surface area contributed by atoms with Gasteiger partial charge in [-0.2, -0.15) is 5.26 Å². The molecule has 1 fully saturated rings. The van der Waals surface area contributed by atoms with E-state index in [1.807, 2.05) is 19.2 Å². The maximum atomic E-state index is 9.28. The summed E-state index contributed by atoms with van der Waals surface area (Å²) in [5.74, 6) is 0. The number of nitriles is 1. The molecule has 1 aromatic rings. The van der Waals surface area contributed by atoms with Gasteiger partial charge in [0.15, 0.2) is 0 Å². The molecule has 0 bridgehead atoms. The van der Waals surface area contributed by atoms with Gasteiger partial charge in [0.25, 0.3) is 0 Å². The molecule has 102 valence electrons. The maximum Gasteiger partial charge on any atom is 0.101 e. The second-order valence-corrected chi connectivity index (χ2v) is 5.03. The first kappa shape index (κ1) is 13.9. The van der Waals surface area contributed by atoms with Crippen molar-refractivity contribution in [2.24, 2.45) is 0 Å². The van der Waals surface area contributed by atoms with Crippen molar-refractivity contribution in [3.8, 4) is 6.07 Å². The van der Waals surface area contributed by atoms with Crippen molar-refractivity contribution < 1.29 is 4.74 Å². The lowest BCUT2D eigenvalue weighted by molar-refractivity contribution is 0.206. The number of likely N-dealkylation sites (N-methyl/N-ethyl adjacent to an activating group) is 1. The van der Waals surface area contributed by atoms with E-state index in [9.17, 15) is 5.26 Å². The summed E-state index contributed by atoms with van der Waals surface area (Å²) >= 11 is 0. The maximum absolute atomic E-state index is 9.28. The summed E-state index contributed by atoms with van der Waals surface area (Å²) < 4.78 is 5.07. The standard InChI is InChI=1S/C15H21N3O/c1-18(7-8-19-2)15-6-3-12(9-13(15)10-16)11-17-14-4-5-14/h3,6,9,14,17H,4-5,7-8,11H2,1-2H3. The Bertz CT molecular complexity index is 463. The molecule has 19 heavy (non-hydrogen) atoms. The molecule has 0 heterocycles. The van der Waals surface area contributed by atoms with Crippen LogP contribution in [0.3, 0.4) is 0 Å². The molecule has 1 aliphatic rings. The van der Waals surface area contributed by atoms with Gasteiger partial charge in [-0.05, 0) is 30.5 Å². The van der Waals surface area contributed by atoms with E-state index < -0.39 is 0 Å². The largest absolute Gasteiger partial charge is 0.383 e. The van der Waals surface area contributed by atoms with E-state index in [-0.39, 0.29) is 0 Å². The third-order valence-electron chi connectivity index (χ3n) is 3.40. The number of nitrogens with zero attached hydrogens (tertiary/aromatic N) is 2. The molecule has 0 spiro atoms. The van der Waals surface area contributed by atoms with Crippen molar-refractivity contribution in [3.05, 3.63) is 29.3 Å². The number of nitrogens with one attached hydrogen (secondary N) is 1. The average molecular weight is 259 g/mol. The fourth-order valence-electron chi connectivity index (χ4n) is 2.01. The van der Waals surface area contributed by atoms with Crippen molar-refractivity contribution >= 4 is 5.69 Å². The first-order valence-electron chi connectivity index (χ1n) is 6.71. The second-order valence-electron chi connectivity index (χ2n) is 5.03. The van der Waals surface area contributed by atoms with E-state index in [1.54, 1.807) is 7.11 Å². The number of benzene rings is 1. The van der Waals surface area contributed by atoms with Crippen LogP contribution in [0.2, 0.25) is 0 Å². The SMILES string of the molecule is COCCN(C)c1ccc(CNC2CC2)cc1C#N.